The number of nitro benzene ring substituents is 1. The molecule has 0 saturated heterocycles. The molecule has 2 aromatic carbocycles. The fraction of sp³-hybridized carbons (Fsp3) is 0.235. The van der Waals surface area contributed by atoms with E-state index in [0.717, 1.165) is 0 Å². The van der Waals surface area contributed by atoms with Gasteiger partial charge in [0.15, 0.2) is 9.84 Å². The molecule has 0 unspecified atom stereocenters. The Morgan fingerprint density at radius 3 is 2.50 bits per heavy atom. The molecule has 0 aliphatic rings. The van der Waals surface area contributed by atoms with Gasteiger partial charge in [-0.2, -0.15) is 0 Å². The van der Waals surface area contributed by atoms with E-state index in [1.54, 1.807) is 18.2 Å². The number of amides is 1. The molecule has 0 aromatic heterocycles. The first-order valence-corrected chi connectivity index (χ1v) is 9.34. The van der Waals surface area contributed by atoms with Gasteiger partial charge < -0.3 is 10.1 Å². The van der Waals surface area contributed by atoms with Gasteiger partial charge in [-0.3, -0.25) is 10.1 Å². The SMILES string of the molecule is COC(=O)NCCc1ccc([N+](=O)[O-])c(CS(=O)(=O)c2ccccc2)c1. The van der Waals surface area contributed by atoms with Crippen molar-refractivity contribution in [1.82, 2.24) is 5.32 Å². The number of nitrogens with zero attached hydrogens (tertiary/aromatic N) is 1. The van der Waals surface area contributed by atoms with Gasteiger partial charge in [0.05, 0.1) is 22.7 Å². The number of methoxy groups -OCH3 is 1. The first-order chi connectivity index (χ1) is 12.3. The van der Waals surface area contributed by atoms with E-state index in [9.17, 15) is 23.3 Å². The maximum absolute atomic E-state index is 12.5. The van der Waals surface area contributed by atoms with Crippen molar-refractivity contribution < 1.29 is 22.9 Å². The highest BCUT2D eigenvalue weighted by Gasteiger charge is 2.22. The van der Waals surface area contributed by atoms with E-state index in [2.05, 4.69) is 10.1 Å². The quantitative estimate of drug-likeness (QED) is 0.584. The number of carbonyl (C=O) groups excluding carboxylic acids is 1. The highest BCUT2D eigenvalue weighted by atomic mass is 32.2. The maximum atomic E-state index is 12.5. The zero-order chi connectivity index (χ0) is 19.2. The zero-order valence-corrected chi connectivity index (χ0v) is 14.9. The minimum absolute atomic E-state index is 0.104. The molecule has 9 heteroatoms. The van der Waals surface area contributed by atoms with Crippen molar-refractivity contribution >= 4 is 21.6 Å². The number of nitrogens with one attached hydrogen (secondary N) is 1. The molecule has 8 nitrogen and oxygen atoms in total. The van der Waals surface area contributed by atoms with Crippen molar-refractivity contribution in [3.63, 3.8) is 0 Å². The number of sulfone groups is 1. The molecule has 0 aliphatic heterocycles. The second-order valence-corrected chi connectivity index (χ2v) is 7.45. The molecule has 0 fully saturated rings. The topological polar surface area (TPSA) is 116 Å². The van der Waals surface area contributed by atoms with Gasteiger partial charge in [-0.25, -0.2) is 13.2 Å². The Balaban J connectivity index is 2.26. The van der Waals surface area contributed by atoms with Gasteiger partial charge in [-0.1, -0.05) is 24.3 Å². The van der Waals surface area contributed by atoms with Gasteiger partial charge >= 0.3 is 6.09 Å². The third-order valence-corrected chi connectivity index (χ3v) is 5.34. The van der Waals surface area contributed by atoms with E-state index in [4.69, 9.17) is 0 Å². The summed E-state index contributed by atoms with van der Waals surface area (Å²) >= 11 is 0. The Hall–Kier alpha value is -2.94. The van der Waals surface area contributed by atoms with Gasteiger partial charge in [-0.05, 0) is 30.2 Å². The van der Waals surface area contributed by atoms with Crippen molar-refractivity contribution in [2.75, 3.05) is 13.7 Å². The first-order valence-electron chi connectivity index (χ1n) is 7.69. The summed E-state index contributed by atoms with van der Waals surface area (Å²) in [7, 11) is -2.47. The minimum atomic E-state index is -3.72. The lowest BCUT2D eigenvalue weighted by atomic mass is 10.1. The van der Waals surface area contributed by atoms with Crippen LogP contribution in [0.15, 0.2) is 53.4 Å². The Labute approximate surface area is 150 Å². The van der Waals surface area contributed by atoms with Crippen LogP contribution in [0.1, 0.15) is 11.1 Å². The molecular weight excluding hydrogens is 360 g/mol. The predicted molar refractivity (Wildman–Crippen MR) is 94.5 cm³/mol. The van der Waals surface area contributed by atoms with Crippen LogP contribution in [0.4, 0.5) is 10.5 Å². The maximum Gasteiger partial charge on any atom is 0.406 e. The molecule has 26 heavy (non-hydrogen) atoms. The lowest BCUT2D eigenvalue weighted by Gasteiger charge is -2.09. The molecule has 0 atom stereocenters. The second kappa shape index (κ2) is 8.43. The summed E-state index contributed by atoms with van der Waals surface area (Å²) in [6.45, 7) is 0.259. The number of carbonyl (C=O) groups is 1. The summed E-state index contributed by atoms with van der Waals surface area (Å²) in [4.78, 5) is 21.8. The Morgan fingerprint density at radius 1 is 1.19 bits per heavy atom. The van der Waals surface area contributed by atoms with Crippen LogP contribution in [0.3, 0.4) is 0 Å². The fourth-order valence-electron chi connectivity index (χ4n) is 2.39. The lowest BCUT2D eigenvalue weighted by Crippen LogP contribution is -2.25. The number of benzene rings is 2. The van der Waals surface area contributed by atoms with E-state index >= 15 is 0 Å². The average Bonchev–Trinajstić information content (AvgIpc) is 2.62. The molecule has 0 spiro atoms. The molecule has 0 bridgehead atoms. The molecule has 1 amide bonds. The normalized spacial score (nSPS) is 11.0. The van der Waals surface area contributed by atoms with Gasteiger partial charge in [0.2, 0.25) is 0 Å². The molecule has 0 aliphatic carbocycles. The van der Waals surface area contributed by atoms with Crippen molar-refractivity contribution in [2.45, 2.75) is 17.1 Å². The minimum Gasteiger partial charge on any atom is -0.453 e. The second-order valence-electron chi connectivity index (χ2n) is 5.46. The van der Waals surface area contributed by atoms with Crippen LogP contribution in [0.2, 0.25) is 0 Å². The molecule has 2 aromatic rings. The number of hydrogen-bond donors (Lipinski definition) is 1. The van der Waals surface area contributed by atoms with Gasteiger partial charge in [0.25, 0.3) is 5.69 Å². The largest absolute Gasteiger partial charge is 0.453 e. The average molecular weight is 378 g/mol. The summed E-state index contributed by atoms with van der Waals surface area (Å²) in [5, 5.41) is 13.7. The number of nitro groups is 1. The van der Waals surface area contributed by atoms with Crippen molar-refractivity contribution in [3.8, 4) is 0 Å². The third-order valence-electron chi connectivity index (χ3n) is 3.66. The number of alkyl carbamates (subject to hydrolysis) is 1. The smallest absolute Gasteiger partial charge is 0.406 e. The summed E-state index contributed by atoms with van der Waals surface area (Å²) in [6.07, 6.45) is -0.204. The van der Waals surface area contributed by atoms with Gasteiger partial charge in [-0.15, -0.1) is 0 Å². The van der Waals surface area contributed by atoms with Gasteiger partial charge in [0.1, 0.15) is 0 Å². The molecular formula is C17H18N2O6S. The van der Waals surface area contributed by atoms with E-state index < -0.39 is 26.6 Å². The van der Waals surface area contributed by atoms with Crippen LogP contribution in [0.5, 0.6) is 0 Å². The highest BCUT2D eigenvalue weighted by molar-refractivity contribution is 7.90. The third kappa shape index (κ3) is 5.03. The molecule has 2 rings (SSSR count). The summed E-state index contributed by atoms with van der Waals surface area (Å²) in [5.41, 5.74) is 0.522. The molecule has 0 radical (unpaired) electrons. The standard InChI is InChI=1S/C17H18N2O6S/c1-25-17(20)18-10-9-13-7-8-16(19(21)22)14(11-13)12-26(23,24)15-5-3-2-4-6-15/h2-8,11H,9-10,12H2,1H3,(H,18,20). The summed E-state index contributed by atoms with van der Waals surface area (Å²) < 4.78 is 29.5. The van der Waals surface area contributed by atoms with Crippen LogP contribution in [-0.4, -0.2) is 33.1 Å². The van der Waals surface area contributed by atoms with Crippen LogP contribution in [-0.2, 0) is 26.7 Å². The first kappa shape index (κ1) is 19.4. The number of rotatable bonds is 7. The lowest BCUT2D eigenvalue weighted by molar-refractivity contribution is -0.385. The van der Waals surface area contributed by atoms with Crippen LogP contribution in [0, 0.1) is 10.1 Å². The van der Waals surface area contributed by atoms with Crippen LogP contribution < -0.4 is 5.32 Å². The van der Waals surface area contributed by atoms with E-state index in [-0.39, 0.29) is 22.7 Å². The number of ether oxygens (including phenoxy) is 1. The Bertz CT molecular complexity index is 897. The number of hydrogen-bond acceptors (Lipinski definition) is 6. The summed E-state index contributed by atoms with van der Waals surface area (Å²) in [6, 6.07) is 12.1. The van der Waals surface area contributed by atoms with Crippen LogP contribution in [0.25, 0.3) is 0 Å². The fourth-order valence-corrected chi connectivity index (χ4v) is 3.76. The van der Waals surface area contributed by atoms with E-state index in [1.165, 1.54) is 37.4 Å². The van der Waals surface area contributed by atoms with Crippen molar-refractivity contribution in [3.05, 3.63) is 69.8 Å². The highest BCUT2D eigenvalue weighted by Crippen LogP contribution is 2.25. The van der Waals surface area contributed by atoms with Crippen molar-refractivity contribution in [2.24, 2.45) is 0 Å². The molecule has 0 saturated carbocycles. The van der Waals surface area contributed by atoms with Crippen LogP contribution >= 0.6 is 0 Å². The molecule has 0 heterocycles. The molecule has 1 N–H and O–H groups in total. The Morgan fingerprint density at radius 2 is 1.88 bits per heavy atom. The van der Waals surface area contributed by atoms with E-state index in [1.807, 2.05) is 0 Å². The Kier molecular flexibility index (Phi) is 6.29. The predicted octanol–water partition coefficient (Wildman–Crippen LogP) is 2.47. The zero-order valence-electron chi connectivity index (χ0n) is 14.0. The summed E-state index contributed by atoms with van der Waals surface area (Å²) in [5.74, 6) is -0.481. The molecule has 138 valence electrons. The monoisotopic (exact) mass is 378 g/mol. The van der Waals surface area contributed by atoms with E-state index in [0.29, 0.717) is 12.0 Å². The van der Waals surface area contributed by atoms with Crippen molar-refractivity contribution in [1.29, 1.82) is 0 Å². The van der Waals surface area contributed by atoms with Gasteiger partial charge in [0, 0.05) is 18.2 Å².